The van der Waals surface area contributed by atoms with E-state index in [2.05, 4.69) is 9.47 Å². The summed E-state index contributed by atoms with van der Waals surface area (Å²) < 4.78 is 19.6. The third kappa shape index (κ3) is 7.12. The maximum absolute atomic E-state index is 11.6. The summed E-state index contributed by atoms with van der Waals surface area (Å²) in [5.41, 5.74) is 0. The Labute approximate surface area is 134 Å². The summed E-state index contributed by atoms with van der Waals surface area (Å²) in [5, 5.41) is 0. The van der Waals surface area contributed by atoms with E-state index in [1.807, 2.05) is 0 Å². The zero-order chi connectivity index (χ0) is 17.2. The van der Waals surface area contributed by atoms with Gasteiger partial charge in [0.15, 0.2) is 0 Å². The molecule has 0 aromatic rings. The largest absolute Gasteiger partial charge is 0.466 e. The monoisotopic (exact) mass is 330 g/mol. The molecule has 0 heterocycles. The molecule has 0 aromatic carbocycles. The van der Waals surface area contributed by atoms with Crippen molar-refractivity contribution in [1.29, 1.82) is 0 Å². The van der Waals surface area contributed by atoms with Crippen LogP contribution >= 0.6 is 0 Å². The normalized spacial score (nSPS) is 19.7. The molecule has 0 unspecified atom stereocenters. The van der Waals surface area contributed by atoms with Crippen molar-refractivity contribution in [2.45, 2.75) is 58.2 Å². The van der Waals surface area contributed by atoms with Gasteiger partial charge in [-0.1, -0.05) is 0 Å². The van der Waals surface area contributed by atoms with Gasteiger partial charge in [-0.2, -0.15) is 0 Å². The average Bonchev–Trinajstić information content (AvgIpc) is 2.85. The highest BCUT2D eigenvalue weighted by Gasteiger charge is 2.34. The molecule has 0 N–H and O–H groups in total. The first-order chi connectivity index (χ1) is 11.0. The molecule has 0 bridgehead atoms. The van der Waals surface area contributed by atoms with Crippen LogP contribution in [0.15, 0.2) is 0 Å². The van der Waals surface area contributed by atoms with E-state index in [0.29, 0.717) is 19.3 Å². The molecule has 23 heavy (non-hydrogen) atoms. The van der Waals surface area contributed by atoms with Gasteiger partial charge >= 0.3 is 23.9 Å². The summed E-state index contributed by atoms with van der Waals surface area (Å²) in [6, 6.07) is 0. The lowest BCUT2D eigenvalue weighted by atomic mass is 10.2. The van der Waals surface area contributed by atoms with Crippen molar-refractivity contribution in [3.8, 4) is 0 Å². The lowest BCUT2D eigenvalue weighted by Crippen LogP contribution is -2.32. The van der Waals surface area contributed by atoms with E-state index in [9.17, 15) is 19.2 Å². The minimum atomic E-state index is -0.721. The summed E-state index contributed by atoms with van der Waals surface area (Å²) in [6.07, 6.45) is -0.389. The van der Waals surface area contributed by atoms with Crippen LogP contribution in [-0.4, -0.2) is 49.3 Å². The Morgan fingerprint density at radius 2 is 1.13 bits per heavy atom. The lowest BCUT2D eigenvalue weighted by Gasteiger charge is -2.20. The van der Waals surface area contributed by atoms with Crippen molar-refractivity contribution in [2.24, 2.45) is 0 Å². The standard InChI is InChI=1S/C15H22O8/c1-3-20-12(16)8-14(18)22-10-6-5-7-11(10)23-15(19)9-13(17)21-4-2/h10-11H,3-9H2,1-2H3/t10-,11-/m0/s1. The number of carbonyl (C=O) groups excluding carboxylic acids is 4. The van der Waals surface area contributed by atoms with Crippen LogP contribution in [-0.2, 0) is 38.1 Å². The van der Waals surface area contributed by atoms with E-state index in [1.54, 1.807) is 13.8 Å². The number of hydrogen-bond donors (Lipinski definition) is 0. The van der Waals surface area contributed by atoms with Gasteiger partial charge in [0.25, 0.3) is 0 Å². The first-order valence-corrected chi connectivity index (χ1v) is 7.66. The summed E-state index contributed by atoms with van der Waals surface area (Å²) in [4.78, 5) is 45.7. The number of hydrogen-bond acceptors (Lipinski definition) is 8. The number of ether oxygens (including phenoxy) is 4. The molecule has 0 radical (unpaired) electrons. The Morgan fingerprint density at radius 3 is 1.48 bits per heavy atom. The summed E-state index contributed by atoms with van der Waals surface area (Å²) >= 11 is 0. The van der Waals surface area contributed by atoms with Crippen LogP contribution in [0.2, 0.25) is 0 Å². The van der Waals surface area contributed by atoms with Crippen LogP contribution in [0.1, 0.15) is 46.0 Å². The predicted molar refractivity (Wildman–Crippen MR) is 76.1 cm³/mol. The Kier molecular flexibility index (Phi) is 8.07. The second kappa shape index (κ2) is 9.81. The van der Waals surface area contributed by atoms with E-state index in [1.165, 1.54) is 0 Å². The molecule has 8 nitrogen and oxygen atoms in total. The molecule has 1 aliphatic rings. The SMILES string of the molecule is CCOC(=O)CC(=O)O[C@H]1CCC[C@@H]1OC(=O)CC(=O)OCC. The van der Waals surface area contributed by atoms with Gasteiger partial charge in [-0.05, 0) is 33.1 Å². The minimum absolute atomic E-state index is 0.184. The molecule has 1 saturated carbocycles. The van der Waals surface area contributed by atoms with Crippen LogP contribution in [0.4, 0.5) is 0 Å². The van der Waals surface area contributed by atoms with Crippen molar-refractivity contribution < 1.29 is 38.1 Å². The number of rotatable bonds is 8. The van der Waals surface area contributed by atoms with Crippen molar-refractivity contribution in [2.75, 3.05) is 13.2 Å². The zero-order valence-electron chi connectivity index (χ0n) is 13.4. The first-order valence-electron chi connectivity index (χ1n) is 7.66. The van der Waals surface area contributed by atoms with Crippen LogP contribution in [0, 0.1) is 0 Å². The maximum atomic E-state index is 11.6. The molecule has 2 atom stereocenters. The van der Waals surface area contributed by atoms with Crippen molar-refractivity contribution in [3.05, 3.63) is 0 Å². The quantitative estimate of drug-likeness (QED) is 0.367. The van der Waals surface area contributed by atoms with Gasteiger partial charge in [0.1, 0.15) is 25.0 Å². The molecular weight excluding hydrogens is 308 g/mol. The number of carbonyl (C=O) groups is 4. The Bertz CT molecular complexity index is 405. The Hall–Kier alpha value is -2.12. The van der Waals surface area contributed by atoms with Crippen molar-refractivity contribution >= 4 is 23.9 Å². The summed E-state index contributed by atoms with van der Waals surface area (Å²) in [5.74, 6) is -2.76. The van der Waals surface area contributed by atoms with Crippen molar-refractivity contribution in [3.63, 3.8) is 0 Å². The predicted octanol–water partition coefficient (Wildman–Crippen LogP) is 0.900. The molecule has 0 saturated heterocycles. The molecule has 1 rings (SSSR count). The van der Waals surface area contributed by atoms with E-state index < -0.39 is 48.9 Å². The second-order valence-electron chi connectivity index (χ2n) is 4.95. The second-order valence-corrected chi connectivity index (χ2v) is 4.95. The average molecular weight is 330 g/mol. The lowest BCUT2D eigenvalue weighted by molar-refractivity contribution is -0.170. The molecule has 1 fully saturated rings. The fourth-order valence-corrected chi connectivity index (χ4v) is 2.24. The van der Waals surface area contributed by atoms with Gasteiger partial charge in [0.2, 0.25) is 0 Å². The molecule has 0 aliphatic heterocycles. The van der Waals surface area contributed by atoms with E-state index in [4.69, 9.17) is 9.47 Å². The number of esters is 4. The summed E-state index contributed by atoms with van der Waals surface area (Å²) in [7, 11) is 0. The third-order valence-corrected chi connectivity index (χ3v) is 3.15. The molecule has 0 aromatic heterocycles. The van der Waals surface area contributed by atoms with Gasteiger partial charge in [0.05, 0.1) is 13.2 Å². The third-order valence-electron chi connectivity index (χ3n) is 3.15. The highest BCUT2D eigenvalue weighted by Crippen LogP contribution is 2.25. The Morgan fingerprint density at radius 1 is 0.739 bits per heavy atom. The molecular formula is C15H22O8. The summed E-state index contributed by atoms with van der Waals surface area (Å²) in [6.45, 7) is 3.64. The van der Waals surface area contributed by atoms with Crippen LogP contribution in [0.25, 0.3) is 0 Å². The van der Waals surface area contributed by atoms with E-state index >= 15 is 0 Å². The van der Waals surface area contributed by atoms with Gasteiger partial charge < -0.3 is 18.9 Å². The molecule has 130 valence electrons. The molecule has 0 amide bonds. The molecule has 1 aliphatic carbocycles. The molecule has 8 heteroatoms. The highest BCUT2D eigenvalue weighted by molar-refractivity contribution is 5.92. The smallest absolute Gasteiger partial charge is 0.317 e. The minimum Gasteiger partial charge on any atom is -0.466 e. The first kappa shape index (κ1) is 18.9. The fourth-order valence-electron chi connectivity index (χ4n) is 2.24. The van der Waals surface area contributed by atoms with Gasteiger partial charge in [-0.3, -0.25) is 19.2 Å². The zero-order valence-corrected chi connectivity index (χ0v) is 13.4. The Balaban J connectivity index is 2.41. The molecule has 0 spiro atoms. The maximum Gasteiger partial charge on any atom is 0.317 e. The van der Waals surface area contributed by atoms with Crippen molar-refractivity contribution in [1.82, 2.24) is 0 Å². The van der Waals surface area contributed by atoms with Gasteiger partial charge in [0, 0.05) is 0 Å². The van der Waals surface area contributed by atoms with Gasteiger partial charge in [-0.15, -0.1) is 0 Å². The van der Waals surface area contributed by atoms with Gasteiger partial charge in [-0.25, -0.2) is 0 Å². The fraction of sp³-hybridized carbons (Fsp3) is 0.733. The van der Waals surface area contributed by atoms with E-state index in [-0.39, 0.29) is 13.2 Å². The highest BCUT2D eigenvalue weighted by atomic mass is 16.6. The van der Waals surface area contributed by atoms with E-state index in [0.717, 1.165) is 0 Å². The van der Waals surface area contributed by atoms with Crippen LogP contribution in [0.3, 0.4) is 0 Å². The topological polar surface area (TPSA) is 105 Å². The van der Waals surface area contributed by atoms with Crippen LogP contribution < -0.4 is 0 Å². The van der Waals surface area contributed by atoms with Crippen LogP contribution in [0.5, 0.6) is 0 Å².